The average Bonchev–Trinajstić information content (AvgIpc) is 3.51. The lowest BCUT2D eigenvalue weighted by Gasteiger charge is -2.27. The summed E-state index contributed by atoms with van der Waals surface area (Å²) in [6.07, 6.45) is 7.69. The minimum Gasteiger partial charge on any atom is -0.477 e. The molecule has 0 aromatic carbocycles. The van der Waals surface area contributed by atoms with Crippen molar-refractivity contribution in [1.82, 2.24) is 24.3 Å². The summed E-state index contributed by atoms with van der Waals surface area (Å²) >= 11 is 6.17. The van der Waals surface area contributed by atoms with Gasteiger partial charge in [-0.05, 0) is 31.0 Å². The fourth-order valence-corrected chi connectivity index (χ4v) is 4.54. The predicted octanol–water partition coefficient (Wildman–Crippen LogP) is 2.79. The minimum atomic E-state index is -1.37. The lowest BCUT2D eigenvalue weighted by molar-refractivity contribution is 0.0695. The molecule has 1 saturated heterocycles. The van der Waals surface area contributed by atoms with Crippen molar-refractivity contribution in [1.29, 1.82) is 5.26 Å². The Morgan fingerprint density at radius 2 is 2.22 bits per heavy atom. The van der Waals surface area contributed by atoms with E-state index < -0.39 is 17.0 Å². The number of carboxylic acid groups (broad SMARTS) is 1. The number of nitrogens with zero attached hydrogens (tertiary/aromatic N) is 7. The molecule has 5 rings (SSSR count). The van der Waals surface area contributed by atoms with Gasteiger partial charge in [0.05, 0.1) is 28.9 Å². The molecule has 11 nitrogen and oxygen atoms in total. The number of hydrogen-bond acceptors (Lipinski definition) is 8. The van der Waals surface area contributed by atoms with Gasteiger partial charge in [0.2, 0.25) is 11.3 Å². The van der Waals surface area contributed by atoms with Crippen molar-refractivity contribution in [2.75, 3.05) is 18.1 Å². The summed E-state index contributed by atoms with van der Waals surface area (Å²) in [5.74, 6) is -0.653. The molecule has 5 heterocycles. The normalized spacial score (nSPS) is 15.2. The third-order valence-electron chi connectivity index (χ3n) is 6.06. The standard InChI is InChI=1S/C24H20ClN7O4/c1-30-11-16(10-28-30)32-12-18(24(34)35)20(33)17-8-14(9-26)21(29-22(17)32)31-7-3-4-15(31)13-36-23-19(25)5-2-6-27-23/h2,5-6,8,10-12,15H,3-4,7,13H2,1H3,(H,34,35)/t15-/m1/s1. The number of ether oxygens (including phenoxy) is 1. The third-order valence-corrected chi connectivity index (χ3v) is 6.35. The monoisotopic (exact) mass is 505 g/mol. The second-order valence-electron chi connectivity index (χ2n) is 8.35. The van der Waals surface area contributed by atoms with Crippen LogP contribution < -0.4 is 15.1 Å². The van der Waals surface area contributed by atoms with Crippen LogP contribution in [0.2, 0.25) is 5.02 Å². The highest BCUT2D eigenvalue weighted by molar-refractivity contribution is 6.31. The second kappa shape index (κ2) is 9.31. The van der Waals surface area contributed by atoms with Crippen LogP contribution in [0.15, 0.2) is 47.8 Å². The summed E-state index contributed by atoms with van der Waals surface area (Å²) in [5.41, 5.74) is -0.211. The van der Waals surface area contributed by atoms with Crippen LogP contribution in [0.3, 0.4) is 0 Å². The highest BCUT2D eigenvalue weighted by Crippen LogP contribution is 2.30. The summed E-state index contributed by atoms with van der Waals surface area (Å²) in [5, 5.41) is 24.1. The van der Waals surface area contributed by atoms with Crippen LogP contribution in [0.4, 0.5) is 5.82 Å². The third kappa shape index (κ3) is 4.12. The minimum absolute atomic E-state index is 0.0336. The molecule has 0 radical (unpaired) electrons. The zero-order valence-corrected chi connectivity index (χ0v) is 19.9. The van der Waals surface area contributed by atoms with Crippen LogP contribution >= 0.6 is 11.6 Å². The van der Waals surface area contributed by atoms with Crippen LogP contribution in [0.1, 0.15) is 28.8 Å². The Labute approximate surface area is 209 Å². The molecule has 182 valence electrons. The number of pyridine rings is 3. The van der Waals surface area contributed by atoms with Crippen LogP contribution in [-0.2, 0) is 7.05 Å². The molecule has 1 aliphatic heterocycles. The summed E-state index contributed by atoms with van der Waals surface area (Å²) in [7, 11) is 1.72. The van der Waals surface area contributed by atoms with Crippen molar-refractivity contribution < 1.29 is 14.6 Å². The number of anilines is 1. The SMILES string of the molecule is Cn1cc(-n2cc(C(=O)O)c(=O)c3cc(C#N)c(N4CCC[C@@H]4COc4ncccc4Cl)nc32)cn1. The number of rotatable bonds is 6. The molecule has 1 N–H and O–H groups in total. The van der Waals surface area contributed by atoms with Gasteiger partial charge in [-0.1, -0.05) is 11.6 Å². The smallest absolute Gasteiger partial charge is 0.341 e. The molecule has 4 aromatic heterocycles. The Bertz CT molecular complexity index is 1590. The topological polar surface area (TPSA) is 139 Å². The van der Waals surface area contributed by atoms with Crippen molar-refractivity contribution >= 4 is 34.4 Å². The molecule has 0 spiro atoms. The fraction of sp³-hybridized carbons (Fsp3) is 0.250. The molecule has 0 saturated carbocycles. The van der Waals surface area contributed by atoms with E-state index in [1.165, 1.54) is 23.0 Å². The Kier molecular flexibility index (Phi) is 6.03. The Balaban J connectivity index is 1.62. The number of aromatic carboxylic acids is 1. The van der Waals surface area contributed by atoms with E-state index in [2.05, 4.69) is 16.2 Å². The first kappa shape index (κ1) is 23.3. The maximum absolute atomic E-state index is 13.0. The Hall–Kier alpha value is -4.43. The quantitative estimate of drug-likeness (QED) is 0.419. The van der Waals surface area contributed by atoms with Gasteiger partial charge in [-0.25, -0.2) is 14.8 Å². The van der Waals surface area contributed by atoms with E-state index in [9.17, 15) is 20.0 Å². The fourth-order valence-electron chi connectivity index (χ4n) is 4.36. The van der Waals surface area contributed by atoms with Gasteiger partial charge in [-0.15, -0.1) is 0 Å². The van der Waals surface area contributed by atoms with E-state index >= 15 is 0 Å². The molecule has 1 aliphatic rings. The van der Waals surface area contributed by atoms with Gasteiger partial charge in [0.25, 0.3) is 0 Å². The zero-order valence-electron chi connectivity index (χ0n) is 19.1. The van der Waals surface area contributed by atoms with E-state index in [1.54, 1.807) is 36.3 Å². The summed E-state index contributed by atoms with van der Waals surface area (Å²) in [6, 6.07) is 6.82. The zero-order chi connectivity index (χ0) is 25.4. The number of fused-ring (bicyclic) bond motifs is 1. The van der Waals surface area contributed by atoms with Crippen molar-refractivity contribution in [3.63, 3.8) is 0 Å². The molecule has 4 aromatic rings. The predicted molar refractivity (Wildman–Crippen MR) is 131 cm³/mol. The van der Waals surface area contributed by atoms with Gasteiger partial charge in [0.1, 0.15) is 29.1 Å². The first-order chi connectivity index (χ1) is 17.4. The van der Waals surface area contributed by atoms with E-state index in [-0.39, 0.29) is 29.2 Å². The molecule has 0 unspecified atom stereocenters. The lowest BCUT2D eigenvalue weighted by Crippen LogP contribution is -2.35. The van der Waals surface area contributed by atoms with Crippen LogP contribution in [0.25, 0.3) is 16.7 Å². The van der Waals surface area contributed by atoms with Crippen LogP contribution in [0.5, 0.6) is 5.88 Å². The molecule has 0 bridgehead atoms. The highest BCUT2D eigenvalue weighted by Gasteiger charge is 2.30. The summed E-state index contributed by atoms with van der Waals surface area (Å²) in [4.78, 5) is 35.6. The highest BCUT2D eigenvalue weighted by atomic mass is 35.5. The van der Waals surface area contributed by atoms with Gasteiger partial charge in [-0.3, -0.25) is 14.0 Å². The van der Waals surface area contributed by atoms with E-state index in [4.69, 9.17) is 21.3 Å². The van der Waals surface area contributed by atoms with Gasteiger partial charge >= 0.3 is 5.97 Å². The number of aryl methyl sites for hydroxylation is 1. The molecular formula is C24H20ClN7O4. The Morgan fingerprint density at radius 3 is 2.92 bits per heavy atom. The van der Waals surface area contributed by atoms with Crippen molar-refractivity contribution in [2.24, 2.45) is 7.05 Å². The molecule has 1 fully saturated rings. The average molecular weight is 506 g/mol. The lowest BCUT2D eigenvalue weighted by atomic mass is 10.1. The first-order valence-corrected chi connectivity index (χ1v) is 11.5. The van der Waals surface area contributed by atoms with Crippen LogP contribution in [-0.4, -0.2) is 54.6 Å². The Morgan fingerprint density at radius 1 is 1.39 bits per heavy atom. The van der Waals surface area contributed by atoms with Gasteiger partial charge in [-0.2, -0.15) is 10.4 Å². The van der Waals surface area contributed by atoms with Gasteiger partial charge in [0.15, 0.2) is 5.65 Å². The number of aromatic nitrogens is 5. The number of halogens is 1. The molecule has 0 aliphatic carbocycles. The summed E-state index contributed by atoms with van der Waals surface area (Å²) < 4.78 is 8.93. The number of carboxylic acids is 1. The second-order valence-corrected chi connectivity index (χ2v) is 8.76. The number of nitriles is 1. The largest absolute Gasteiger partial charge is 0.477 e. The molecule has 12 heteroatoms. The first-order valence-electron chi connectivity index (χ1n) is 11.1. The van der Waals surface area contributed by atoms with Crippen LogP contribution in [0, 0.1) is 11.3 Å². The van der Waals surface area contributed by atoms with E-state index in [0.29, 0.717) is 29.0 Å². The molecule has 1 atom stereocenters. The van der Waals surface area contributed by atoms with Crippen molar-refractivity contribution in [3.8, 4) is 17.6 Å². The van der Waals surface area contributed by atoms with Crippen molar-refractivity contribution in [3.05, 3.63) is 69.4 Å². The van der Waals surface area contributed by atoms with Gasteiger partial charge < -0.3 is 14.7 Å². The van der Waals surface area contributed by atoms with Crippen molar-refractivity contribution in [2.45, 2.75) is 18.9 Å². The number of hydrogen-bond donors (Lipinski definition) is 1. The number of carbonyl (C=O) groups is 1. The maximum Gasteiger partial charge on any atom is 0.341 e. The molecular weight excluding hydrogens is 486 g/mol. The van der Waals surface area contributed by atoms with E-state index in [0.717, 1.165) is 12.8 Å². The molecule has 0 amide bonds. The molecule has 36 heavy (non-hydrogen) atoms. The van der Waals surface area contributed by atoms with Gasteiger partial charge in [0, 0.05) is 32.2 Å². The van der Waals surface area contributed by atoms with E-state index in [1.807, 2.05) is 4.90 Å². The summed E-state index contributed by atoms with van der Waals surface area (Å²) in [6.45, 7) is 0.899. The maximum atomic E-state index is 13.0.